The molecule has 0 aromatic heterocycles. The number of allylic oxidation sites excluding steroid dienone is 1. The van der Waals surface area contributed by atoms with Crippen LogP contribution in [-0.2, 0) is 0 Å². The predicted octanol–water partition coefficient (Wildman–Crippen LogP) is 3.50. The van der Waals surface area contributed by atoms with Crippen molar-refractivity contribution in [2.45, 2.75) is 12.8 Å². The van der Waals surface area contributed by atoms with Crippen LogP contribution >= 0.6 is 11.6 Å². The lowest BCUT2D eigenvalue weighted by molar-refractivity contribution is 0.111. The average molecular weight is 225 g/mol. The lowest BCUT2D eigenvalue weighted by Crippen LogP contribution is -2.00. The van der Waals surface area contributed by atoms with Crippen LogP contribution in [0.5, 0.6) is 5.75 Å². The Labute approximate surface area is 94.5 Å². The number of aldehydes is 1. The molecule has 1 aromatic carbocycles. The molecule has 0 bridgehead atoms. The van der Waals surface area contributed by atoms with Crippen molar-refractivity contribution in [3.8, 4) is 5.75 Å². The normalized spacial score (nSPS) is 9.67. The summed E-state index contributed by atoms with van der Waals surface area (Å²) in [6.45, 7) is 4.16. The van der Waals surface area contributed by atoms with Gasteiger partial charge >= 0.3 is 0 Å². The van der Waals surface area contributed by atoms with Crippen LogP contribution in [-0.4, -0.2) is 12.9 Å². The van der Waals surface area contributed by atoms with Crippen LogP contribution in [0.25, 0.3) is 0 Å². The fraction of sp³-hybridized carbons (Fsp3) is 0.250. The van der Waals surface area contributed by atoms with Crippen molar-refractivity contribution in [1.82, 2.24) is 0 Å². The Morgan fingerprint density at radius 1 is 1.47 bits per heavy atom. The summed E-state index contributed by atoms with van der Waals surface area (Å²) >= 11 is 5.92. The molecule has 0 saturated carbocycles. The third-order valence-corrected chi connectivity index (χ3v) is 2.22. The fourth-order valence-corrected chi connectivity index (χ4v) is 1.41. The second-order valence-corrected chi connectivity index (χ2v) is 3.46. The van der Waals surface area contributed by atoms with Crippen LogP contribution in [0.15, 0.2) is 30.9 Å². The number of benzene rings is 1. The monoisotopic (exact) mass is 224 g/mol. The Morgan fingerprint density at radius 3 is 2.93 bits per heavy atom. The largest absolute Gasteiger partial charge is 0.491 e. The molecule has 0 fully saturated rings. The molecule has 0 aliphatic carbocycles. The minimum Gasteiger partial charge on any atom is -0.491 e. The molecule has 0 heterocycles. The third kappa shape index (κ3) is 3.40. The molecule has 1 aromatic rings. The minimum absolute atomic E-state index is 0.471. The van der Waals surface area contributed by atoms with Gasteiger partial charge in [-0.3, -0.25) is 4.79 Å². The second-order valence-electron chi connectivity index (χ2n) is 3.06. The second kappa shape index (κ2) is 6.25. The van der Waals surface area contributed by atoms with E-state index in [9.17, 15) is 4.79 Å². The summed E-state index contributed by atoms with van der Waals surface area (Å²) < 4.78 is 5.45. The van der Waals surface area contributed by atoms with Crippen molar-refractivity contribution < 1.29 is 9.53 Å². The third-order valence-electron chi connectivity index (χ3n) is 1.92. The molecule has 0 saturated heterocycles. The summed E-state index contributed by atoms with van der Waals surface area (Å²) in [6.07, 6.45) is 4.33. The van der Waals surface area contributed by atoms with Gasteiger partial charge in [0.25, 0.3) is 0 Å². The van der Waals surface area contributed by atoms with Gasteiger partial charge in [0, 0.05) is 0 Å². The molecule has 15 heavy (non-hydrogen) atoms. The maximum absolute atomic E-state index is 10.7. The van der Waals surface area contributed by atoms with E-state index in [-0.39, 0.29) is 0 Å². The molecule has 80 valence electrons. The van der Waals surface area contributed by atoms with Crippen LogP contribution < -0.4 is 4.74 Å². The molecule has 1 rings (SSSR count). The van der Waals surface area contributed by atoms with Crippen LogP contribution in [0.3, 0.4) is 0 Å². The lowest BCUT2D eigenvalue weighted by Gasteiger charge is -2.09. The van der Waals surface area contributed by atoms with E-state index in [1.807, 2.05) is 6.08 Å². The average Bonchev–Trinajstić information content (AvgIpc) is 2.26. The topological polar surface area (TPSA) is 26.3 Å². The molecule has 0 aliphatic heterocycles. The van der Waals surface area contributed by atoms with Crippen molar-refractivity contribution in [2.75, 3.05) is 6.61 Å². The molecule has 2 nitrogen and oxygen atoms in total. The molecule has 0 aliphatic rings. The zero-order valence-corrected chi connectivity index (χ0v) is 9.17. The van der Waals surface area contributed by atoms with Crippen LogP contribution in [0.1, 0.15) is 23.2 Å². The molecule has 0 radical (unpaired) electrons. The van der Waals surface area contributed by atoms with Gasteiger partial charge in [-0.15, -0.1) is 6.58 Å². The van der Waals surface area contributed by atoms with Gasteiger partial charge < -0.3 is 4.74 Å². The molecular weight excluding hydrogens is 212 g/mol. The number of hydrogen-bond acceptors (Lipinski definition) is 2. The summed E-state index contributed by atoms with van der Waals surface area (Å²) in [5, 5.41) is 0.471. The van der Waals surface area contributed by atoms with E-state index in [4.69, 9.17) is 16.3 Å². The van der Waals surface area contributed by atoms with E-state index < -0.39 is 0 Å². The molecule has 0 amide bonds. The Kier molecular flexibility index (Phi) is 4.91. The number of rotatable bonds is 6. The van der Waals surface area contributed by atoms with Crippen molar-refractivity contribution in [1.29, 1.82) is 0 Å². The van der Waals surface area contributed by atoms with Gasteiger partial charge in [0.1, 0.15) is 5.75 Å². The highest BCUT2D eigenvalue weighted by molar-refractivity contribution is 6.32. The molecule has 0 unspecified atom stereocenters. The first kappa shape index (κ1) is 11.8. The Balaban J connectivity index is 2.65. The summed E-state index contributed by atoms with van der Waals surface area (Å²) in [4.78, 5) is 10.7. The van der Waals surface area contributed by atoms with Gasteiger partial charge in [-0.25, -0.2) is 0 Å². The van der Waals surface area contributed by atoms with Crippen LogP contribution in [0, 0.1) is 0 Å². The number of hydrogen-bond donors (Lipinski definition) is 0. The Bertz CT molecular complexity index is 347. The summed E-state index contributed by atoms with van der Waals surface area (Å²) in [6, 6.07) is 5.11. The zero-order chi connectivity index (χ0) is 11.1. The maximum atomic E-state index is 10.7. The van der Waals surface area contributed by atoms with Crippen LogP contribution in [0.4, 0.5) is 0 Å². The highest BCUT2D eigenvalue weighted by Gasteiger charge is 2.06. The Morgan fingerprint density at radius 2 is 2.27 bits per heavy atom. The standard InChI is InChI=1S/C12H13ClO2/c1-2-3-4-8-15-12-10(9-14)6-5-7-11(12)13/h2,5-7,9H,1,3-4,8H2. The van der Waals surface area contributed by atoms with E-state index in [0.717, 1.165) is 19.1 Å². The highest BCUT2D eigenvalue weighted by atomic mass is 35.5. The fourth-order valence-electron chi connectivity index (χ4n) is 1.17. The number of carbonyl (C=O) groups is 1. The summed E-state index contributed by atoms with van der Waals surface area (Å²) in [7, 11) is 0. The number of carbonyl (C=O) groups excluding carboxylic acids is 1. The van der Waals surface area contributed by atoms with E-state index >= 15 is 0 Å². The molecule has 0 N–H and O–H groups in total. The molecule has 0 spiro atoms. The van der Waals surface area contributed by atoms with Gasteiger partial charge in [-0.1, -0.05) is 23.7 Å². The summed E-state index contributed by atoms with van der Waals surface area (Å²) in [5.74, 6) is 0.471. The highest BCUT2D eigenvalue weighted by Crippen LogP contribution is 2.27. The number of halogens is 1. The smallest absolute Gasteiger partial charge is 0.153 e. The number of unbranched alkanes of at least 4 members (excludes halogenated alkanes) is 1. The molecule has 0 atom stereocenters. The first-order valence-electron chi connectivity index (χ1n) is 4.77. The van der Waals surface area contributed by atoms with Gasteiger partial charge in [0.2, 0.25) is 0 Å². The van der Waals surface area contributed by atoms with E-state index in [1.165, 1.54) is 0 Å². The first-order chi connectivity index (χ1) is 7.29. The lowest BCUT2D eigenvalue weighted by atomic mass is 10.2. The number of ether oxygens (including phenoxy) is 1. The van der Waals surface area contributed by atoms with Gasteiger partial charge in [-0.05, 0) is 25.0 Å². The molecule has 3 heteroatoms. The van der Waals surface area contributed by atoms with Crippen molar-refractivity contribution in [3.63, 3.8) is 0 Å². The van der Waals surface area contributed by atoms with E-state index in [0.29, 0.717) is 22.9 Å². The summed E-state index contributed by atoms with van der Waals surface area (Å²) in [5.41, 5.74) is 0.487. The first-order valence-corrected chi connectivity index (χ1v) is 5.14. The van der Waals surface area contributed by atoms with Crippen molar-refractivity contribution in [2.24, 2.45) is 0 Å². The van der Waals surface area contributed by atoms with Gasteiger partial charge in [0.15, 0.2) is 6.29 Å². The predicted molar refractivity (Wildman–Crippen MR) is 61.8 cm³/mol. The van der Waals surface area contributed by atoms with Gasteiger partial charge in [0.05, 0.1) is 17.2 Å². The maximum Gasteiger partial charge on any atom is 0.153 e. The van der Waals surface area contributed by atoms with Crippen LogP contribution in [0.2, 0.25) is 5.02 Å². The van der Waals surface area contributed by atoms with Gasteiger partial charge in [-0.2, -0.15) is 0 Å². The van der Waals surface area contributed by atoms with Crippen molar-refractivity contribution in [3.05, 3.63) is 41.4 Å². The van der Waals surface area contributed by atoms with E-state index in [1.54, 1.807) is 18.2 Å². The zero-order valence-electron chi connectivity index (χ0n) is 8.41. The van der Waals surface area contributed by atoms with Crippen molar-refractivity contribution >= 4 is 17.9 Å². The van der Waals surface area contributed by atoms with E-state index in [2.05, 4.69) is 6.58 Å². The SMILES string of the molecule is C=CCCCOc1c(Cl)cccc1C=O. The minimum atomic E-state index is 0.471. The molecular formula is C12H13ClO2. The number of para-hydroxylation sites is 1. The quantitative estimate of drug-likeness (QED) is 0.420. The Hall–Kier alpha value is -1.28.